The van der Waals surface area contributed by atoms with E-state index in [4.69, 9.17) is 18.0 Å². The van der Waals surface area contributed by atoms with Crippen LogP contribution in [0.25, 0.3) is 0 Å². The first-order chi connectivity index (χ1) is 10.1. The fourth-order valence-corrected chi connectivity index (χ4v) is 2.91. The number of hydrogen-bond acceptors (Lipinski definition) is 3. The van der Waals surface area contributed by atoms with Crippen molar-refractivity contribution in [2.24, 2.45) is 17.6 Å². The van der Waals surface area contributed by atoms with Gasteiger partial charge in [-0.2, -0.15) is 0 Å². The molecule has 0 radical (unpaired) electrons. The summed E-state index contributed by atoms with van der Waals surface area (Å²) in [6, 6.07) is 7.66. The summed E-state index contributed by atoms with van der Waals surface area (Å²) in [4.78, 5) is 2.86. The van der Waals surface area contributed by atoms with Crippen molar-refractivity contribution in [3.8, 4) is 0 Å². The molecule has 1 atom stereocenters. The quantitative estimate of drug-likeness (QED) is 0.725. The average Bonchev–Trinajstić information content (AvgIpc) is 3.35. The summed E-state index contributed by atoms with van der Waals surface area (Å²) >= 11 is 4.96. The highest BCUT2D eigenvalue weighted by atomic mass is 32.1. The monoisotopic (exact) mass is 304 g/mol. The minimum Gasteiger partial charge on any atom is -0.389 e. The van der Waals surface area contributed by atoms with Gasteiger partial charge in [0.15, 0.2) is 0 Å². The van der Waals surface area contributed by atoms with Gasteiger partial charge in [-0.15, -0.1) is 0 Å². The van der Waals surface area contributed by atoms with Crippen LogP contribution >= 0.6 is 12.2 Å². The number of aliphatic hydroxyl groups is 1. The zero-order chi connectivity index (χ0) is 14.8. The second kappa shape index (κ2) is 6.42. The molecule has 3 N–H and O–H groups in total. The molecule has 0 bridgehead atoms. The van der Waals surface area contributed by atoms with E-state index in [1.165, 1.54) is 25.7 Å². The first-order valence-corrected chi connectivity index (χ1v) is 8.33. The summed E-state index contributed by atoms with van der Waals surface area (Å²) in [7, 11) is 0. The number of benzene rings is 1. The second-order valence-corrected chi connectivity index (χ2v) is 7.05. The lowest BCUT2D eigenvalue weighted by atomic mass is 10.1. The normalized spacial score (nSPS) is 19.7. The largest absolute Gasteiger partial charge is 0.389 e. The van der Waals surface area contributed by atoms with Crippen molar-refractivity contribution >= 4 is 17.2 Å². The summed E-state index contributed by atoms with van der Waals surface area (Å²) in [5, 5.41) is 10.5. The SMILES string of the molecule is NC(=S)c1ccc(C(O)CN(CC2CC2)CC2CC2)cc1. The number of aliphatic hydroxyl groups excluding tert-OH is 1. The Labute approximate surface area is 132 Å². The summed E-state index contributed by atoms with van der Waals surface area (Å²) in [5.41, 5.74) is 7.41. The zero-order valence-corrected chi connectivity index (χ0v) is 13.2. The molecule has 2 saturated carbocycles. The van der Waals surface area contributed by atoms with Crippen LogP contribution in [-0.4, -0.2) is 34.6 Å². The van der Waals surface area contributed by atoms with Crippen molar-refractivity contribution in [1.29, 1.82) is 0 Å². The number of nitrogens with two attached hydrogens (primary N) is 1. The molecule has 0 saturated heterocycles. The van der Waals surface area contributed by atoms with Crippen LogP contribution in [-0.2, 0) is 0 Å². The van der Waals surface area contributed by atoms with Crippen molar-refractivity contribution in [1.82, 2.24) is 4.90 Å². The summed E-state index contributed by atoms with van der Waals surface area (Å²) < 4.78 is 0. The number of rotatable bonds is 8. The van der Waals surface area contributed by atoms with Gasteiger partial charge in [0.2, 0.25) is 0 Å². The molecule has 0 aromatic heterocycles. The Morgan fingerprint density at radius 2 is 1.67 bits per heavy atom. The van der Waals surface area contributed by atoms with E-state index in [2.05, 4.69) is 4.90 Å². The van der Waals surface area contributed by atoms with Gasteiger partial charge in [-0.05, 0) is 43.1 Å². The first-order valence-electron chi connectivity index (χ1n) is 7.92. The molecule has 2 aliphatic carbocycles. The Morgan fingerprint density at radius 3 is 2.10 bits per heavy atom. The molecule has 0 spiro atoms. The molecular weight excluding hydrogens is 280 g/mol. The van der Waals surface area contributed by atoms with Gasteiger partial charge < -0.3 is 10.8 Å². The fraction of sp³-hybridized carbons (Fsp3) is 0.588. The highest BCUT2D eigenvalue weighted by molar-refractivity contribution is 7.80. The van der Waals surface area contributed by atoms with Crippen LogP contribution in [0.2, 0.25) is 0 Å². The molecule has 1 aromatic rings. The van der Waals surface area contributed by atoms with E-state index < -0.39 is 6.10 Å². The Kier molecular flexibility index (Phi) is 4.57. The van der Waals surface area contributed by atoms with E-state index >= 15 is 0 Å². The molecule has 0 amide bonds. The van der Waals surface area contributed by atoms with Gasteiger partial charge >= 0.3 is 0 Å². The Morgan fingerprint density at radius 1 is 1.14 bits per heavy atom. The third-order valence-corrected chi connectivity index (χ3v) is 4.67. The van der Waals surface area contributed by atoms with Gasteiger partial charge in [0.1, 0.15) is 4.99 Å². The predicted octanol–water partition coefficient (Wildman–Crippen LogP) is 2.48. The third kappa shape index (κ3) is 4.50. The van der Waals surface area contributed by atoms with E-state index in [9.17, 15) is 5.11 Å². The number of hydrogen-bond donors (Lipinski definition) is 2. The van der Waals surface area contributed by atoms with Crippen LogP contribution in [0, 0.1) is 11.8 Å². The van der Waals surface area contributed by atoms with Gasteiger partial charge in [0.05, 0.1) is 6.10 Å². The van der Waals surface area contributed by atoms with E-state index in [1.54, 1.807) is 0 Å². The lowest BCUT2D eigenvalue weighted by Crippen LogP contribution is -2.32. The molecule has 0 heterocycles. The molecule has 3 rings (SSSR count). The smallest absolute Gasteiger partial charge is 0.103 e. The lowest BCUT2D eigenvalue weighted by molar-refractivity contribution is 0.107. The van der Waals surface area contributed by atoms with Crippen molar-refractivity contribution < 1.29 is 5.11 Å². The minimum atomic E-state index is -0.428. The molecule has 1 unspecified atom stereocenters. The van der Waals surface area contributed by atoms with Gasteiger partial charge in [0, 0.05) is 25.2 Å². The van der Waals surface area contributed by atoms with Crippen LogP contribution in [0.3, 0.4) is 0 Å². The van der Waals surface area contributed by atoms with Gasteiger partial charge in [-0.1, -0.05) is 36.5 Å². The molecule has 2 aliphatic rings. The Balaban J connectivity index is 1.58. The summed E-state index contributed by atoms with van der Waals surface area (Å²) in [6.45, 7) is 3.04. The Bertz CT molecular complexity index is 480. The van der Waals surface area contributed by atoms with Crippen LogP contribution < -0.4 is 5.73 Å². The maximum Gasteiger partial charge on any atom is 0.103 e. The molecule has 1 aromatic carbocycles. The molecule has 2 fully saturated rings. The van der Waals surface area contributed by atoms with Crippen LogP contribution in [0.1, 0.15) is 42.9 Å². The van der Waals surface area contributed by atoms with Gasteiger partial charge in [-0.25, -0.2) is 0 Å². The highest BCUT2D eigenvalue weighted by Crippen LogP contribution is 2.34. The molecular formula is C17H24N2OS. The highest BCUT2D eigenvalue weighted by Gasteiger charge is 2.30. The predicted molar refractivity (Wildman–Crippen MR) is 89.2 cm³/mol. The van der Waals surface area contributed by atoms with E-state index in [-0.39, 0.29) is 0 Å². The molecule has 21 heavy (non-hydrogen) atoms. The fourth-order valence-electron chi connectivity index (χ4n) is 2.77. The van der Waals surface area contributed by atoms with Crippen molar-refractivity contribution in [3.05, 3.63) is 35.4 Å². The van der Waals surface area contributed by atoms with E-state index in [0.29, 0.717) is 4.99 Å². The topological polar surface area (TPSA) is 49.5 Å². The standard InChI is InChI=1S/C17H24N2OS/c18-17(21)15-7-5-14(6-8-15)16(20)11-19(9-12-1-2-12)10-13-3-4-13/h5-8,12-13,16,20H,1-4,9-11H2,(H2,18,21). The molecule has 4 heteroatoms. The van der Waals surface area contributed by atoms with Crippen molar-refractivity contribution in [2.75, 3.05) is 19.6 Å². The average molecular weight is 304 g/mol. The lowest BCUT2D eigenvalue weighted by Gasteiger charge is -2.25. The zero-order valence-electron chi connectivity index (χ0n) is 12.4. The molecule has 0 aliphatic heterocycles. The maximum atomic E-state index is 10.5. The summed E-state index contributed by atoms with van der Waals surface area (Å²) in [6.07, 6.45) is 5.02. The van der Waals surface area contributed by atoms with Crippen LogP contribution in [0.4, 0.5) is 0 Å². The third-order valence-electron chi connectivity index (χ3n) is 4.44. The van der Waals surface area contributed by atoms with Crippen molar-refractivity contribution in [3.63, 3.8) is 0 Å². The van der Waals surface area contributed by atoms with Gasteiger partial charge in [-0.3, -0.25) is 4.90 Å². The van der Waals surface area contributed by atoms with Crippen LogP contribution in [0.15, 0.2) is 24.3 Å². The number of thiocarbonyl (C=S) groups is 1. The second-order valence-electron chi connectivity index (χ2n) is 6.61. The van der Waals surface area contributed by atoms with E-state index in [0.717, 1.165) is 42.6 Å². The van der Waals surface area contributed by atoms with E-state index in [1.807, 2.05) is 24.3 Å². The minimum absolute atomic E-state index is 0.403. The number of nitrogens with zero attached hydrogens (tertiary/aromatic N) is 1. The van der Waals surface area contributed by atoms with Gasteiger partial charge in [0.25, 0.3) is 0 Å². The van der Waals surface area contributed by atoms with Crippen LogP contribution in [0.5, 0.6) is 0 Å². The Hall–Kier alpha value is -0.970. The van der Waals surface area contributed by atoms with Crippen molar-refractivity contribution in [2.45, 2.75) is 31.8 Å². The molecule has 114 valence electrons. The maximum absolute atomic E-state index is 10.5. The summed E-state index contributed by atoms with van der Waals surface area (Å²) in [5.74, 6) is 1.74. The first kappa shape index (κ1) is 14.9. The molecule has 3 nitrogen and oxygen atoms in total.